The minimum Gasteiger partial charge on any atom is -0.508 e. The van der Waals surface area contributed by atoms with Gasteiger partial charge in [0.2, 0.25) is 5.82 Å². The first-order valence-electron chi connectivity index (χ1n) is 5.66. The third-order valence-corrected chi connectivity index (χ3v) is 2.68. The molecule has 3 aromatic rings. The predicted molar refractivity (Wildman–Crippen MR) is 67.2 cm³/mol. The number of hydrogen-bond acceptors (Lipinski definition) is 6. The van der Waals surface area contributed by atoms with Crippen molar-refractivity contribution in [2.75, 3.05) is 0 Å². The maximum atomic E-state index is 9.67. The standard InChI is InChI=1S/C13H10N4O2/c1-8-4-5-9(7-11(8)18)13-15-12(17-19-13)10-3-2-6-14-16-10/h2-7,18H,1H3. The first-order chi connectivity index (χ1) is 9.24. The van der Waals surface area contributed by atoms with Crippen LogP contribution in [0.1, 0.15) is 5.56 Å². The first-order valence-corrected chi connectivity index (χ1v) is 5.66. The largest absolute Gasteiger partial charge is 0.508 e. The number of aromatic nitrogens is 4. The van der Waals surface area contributed by atoms with Crippen molar-refractivity contribution >= 4 is 0 Å². The molecule has 0 aliphatic heterocycles. The fourth-order valence-corrected chi connectivity index (χ4v) is 1.61. The van der Waals surface area contributed by atoms with Gasteiger partial charge in [-0.15, -0.1) is 5.10 Å². The van der Waals surface area contributed by atoms with E-state index in [1.165, 1.54) is 0 Å². The van der Waals surface area contributed by atoms with E-state index in [9.17, 15) is 5.11 Å². The van der Waals surface area contributed by atoms with Crippen molar-refractivity contribution < 1.29 is 9.63 Å². The summed E-state index contributed by atoms with van der Waals surface area (Å²) in [5.74, 6) is 0.885. The van der Waals surface area contributed by atoms with E-state index in [4.69, 9.17) is 4.52 Å². The molecule has 0 amide bonds. The lowest BCUT2D eigenvalue weighted by Crippen LogP contribution is -1.87. The van der Waals surface area contributed by atoms with Gasteiger partial charge in [-0.05, 0) is 36.8 Å². The van der Waals surface area contributed by atoms with E-state index in [0.29, 0.717) is 23.0 Å². The fraction of sp³-hybridized carbons (Fsp3) is 0.0769. The average molecular weight is 254 g/mol. The van der Waals surface area contributed by atoms with E-state index in [2.05, 4.69) is 20.3 Å². The number of hydrogen-bond donors (Lipinski definition) is 1. The van der Waals surface area contributed by atoms with Crippen molar-refractivity contribution in [3.05, 3.63) is 42.1 Å². The van der Waals surface area contributed by atoms with Crippen LogP contribution in [0.4, 0.5) is 0 Å². The Morgan fingerprint density at radius 2 is 2.11 bits per heavy atom. The van der Waals surface area contributed by atoms with Gasteiger partial charge in [0.05, 0.1) is 0 Å². The highest BCUT2D eigenvalue weighted by molar-refractivity contribution is 5.59. The zero-order valence-corrected chi connectivity index (χ0v) is 10.1. The number of rotatable bonds is 2. The summed E-state index contributed by atoms with van der Waals surface area (Å²) in [5, 5.41) is 21.2. The summed E-state index contributed by atoms with van der Waals surface area (Å²) in [6.07, 6.45) is 1.57. The van der Waals surface area contributed by atoms with Gasteiger partial charge >= 0.3 is 0 Å². The normalized spacial score (nSPS) is 10.6. The summed E-state index contributed by atoms with van der Waals surface area (Å²) in [6, 6.07) is 8.67. The zero-order chi connectivity index (χ0) is 13.2. The van der Waals surface area contributed by atoms with Gasteiger partial charge in [0.15, 0.2) is 0 Å². The zero-order valence-electron chi connectivity index (χ0n) is 10.1. The quantitative estimate of drug-likeness (QED) is 0.754. The number of aromatic hydroxyl groups is 1. The summed E-state index contributed by atoms with van der Waals surface area (Å²) in [6.45, 7) is 1.82. The Labute approximate surface area is 108 Å². The van der Waals surface area contributed by atoms with E-state index in [1.807, 2.05) is 13.0 Å². The van der Waals surface area contributed by atoms with Gasteiger partial charge in [0.25, 0.3) is 5.89 Å². The van der Waals surface area contributed by atoms with E-state index in [-0.39, 0.29) is 5.75 Å². The van der Waals surface area contributed by atoms with Crippen LogP contribution in [0.3, 0.4) is 0 Å². The van der Waals surface area contributed by atoms with Crippen LogP contribution in [0.5, 0.6) is 5.75 Å². The summed E-state index contributed by atoms with van der Waals surface area (Å²) >= 11 is 0. The molecule has 2 aromatic heterocycles. The van der Waals surface area contributed by atoms with E-state index in [1.54, 1.807) is 30.5 Å². The number of aryl methyl sites for hydroxylation is 1. The van der Waals surface area contributed by atoms with Crippen LogP contribution in [-0.2, 0) is 0 Å². The van der Waals surface area contributed by atoms with Gasteiger partial charge in [-0.25, -0.2) is 0 Å². The molecule has 94 valence electrons. The smallest absolute Gasteiger partial charge is 0.258 e. The molecule has 6 heteroatoms. The number of benzene rings is 1. The molecule has 0 atom stereocenters. The molecule has 0 spiro atoms. The van der Waals surface area contributed by atoms with Gasteiger partial charge in [-0.2, -0.15) is 10.1 Å². The molecule has 0 saturated heterocycles. The predicted octanol–water partition coefficient (Wildman–Crippen LogP) is 2.21. The van der Waals surface area contributed by atoms with Gasteiger partial charge in [0.1, 0.15) is 11.4 Å². The Hall–Kier alpha value is -2.76. The summed E-state index contributed by atoms with van der Waals surface area (Å²) in [5.41, 5.74) is 1.98. The van der Waals surface area contributed by atoms with Crippen molar-refractivity contribution in [1.29, 1.82) is 0 Å². The lowest BCUT2D eigenvalue weighted by atomic mass is 10.1. The van der Waals surface area contributed by atoms with Gasteiger partial charge in [0, 0.05) is 11.8 Å². The Kier molecular flexibility index (Phi) is 2.68. The van der Waals surface area contributed by atoms with Crippen LogP contribution < -0.4 is 0 Å². The Bertz CT molecular complexity index is 710. The molecule has 0 bridgehead atoms. The molecule has 1 aromatic carbocycles. The Balaban J connectivity index is 1.99. The monoisotopic (exact) mass is 254 g/mol. The van der Waals surface area contributed by atoms with Crippen LogP contribution in [0.15, 0.2) is 41.1 Å². The number of phenols is 1. The molecule has 0 saturated carbocycles. The molecular formula is C13H10N4O2. The van der Waals surface area contributed by atoms with E-state index >= 15 is 0 Å². The van der Waals surface area contributed by atoms with E-state index in [0.717, 1.165) is 5.56 Å². The van der Waals surface area contributed by atoms with Crippen molar-refractivity contribution in [2.24, 2.45) is 0 Å². The molecule has 0 aliphatic carbocycles. The lowest BCUT2D eigenvalue weighted by Gasteiger charge is -1.99. The maximum absolute atomic E-state index is 9.67. The minimum atomic E-state index is 0.191. The second-order valence-electron chi connectivity index (χ2n) is 4.03. The fourth-order valence-electron chi connectivity index (χ4n) is 1.61. The van der Waals surface area contributed by atoms with E-state index < -0.39 is 0 Å². The first kappa shape index (κ1) is 11.3. The third kappa shape index (κ3) is 2.15. The van der Waals surface area contributed by atoms with Crippen molar-refractivity contribution in [2.45, 2.75) is 6.92 Å². The Morgan fingerprint density at radius 1 is 1.21 bits per heavy atom. The lowest BCUT2D eigenvalue weighted by molar-refractivity contribution is 0.431. The second kappa shape index (κ2) is 4.49. The van der Waals surface area contributed by atoms with Gasteiger partial charge in [-0.1, -0.05) is 11.2 Å². The van der Waals surface area contributed by atoms with Crippen LogP contribution in [-0.4, -0.2) is 25.4 Å². The number of phenolic OH excluding ortho intramolecular Hbond substituents is 1. The maximum Gasteiger partial charge on any atom is 0.258 e. The van der Waals surface area contributed by atoms with Crippen molar-refractivity contribution in [1.82, 2.24) is 20.3 Å². The molecule has 19 heavy (non-hydrogen) atoms. The van der Waals surface area contributed by atoms with Crippen LogP contribution in [0.25, 0.3) is 23.0 Å². The molecule has 0 fully saturated rings. The molecule has 0 radical (unpaired) electrons. The molecule has 0 aliphatic rings. The topological polar surface area (TPSA) is 84.9 Å². The average Bonchev–Trinajstić information content (AvgIpc) is 2.93. The van der Waals surface area contributed by atoms with Crippen molar-refractivity contribution in [3.63, 3.8) is 0 Å². The number of nitrogens with zero attached hydrogens (tertiary/aromatic N) is 4. The molecular weight excluding hydrogens is 244 g/mol. The molecule has 0 unspecified atom stereocenters. The molecule has 2 heterocycles. The minimum absolute atomic E-state index is 0.191. The molecule has 3 rings (SSSR count). The Morgan fingerprint density at radius 3 is 2.84 bits per heavy atom. The highest BCUT2D eigenvalue weighted by Crippen LogP contribution is 2.26. The molecule has 6 nitrogen and oxygen atoms in total. The van der Waals surface area contributed by atoms with Crippen LogP contribution >= 0.6 is 0 Å². The van der Waals surface area contributed by atoms with Crippen molar-refractivity contribution in [3.8, 4) is 28.7 Å². The highest BCUT2D eigenvalue weighted by Gasteiger charge is 2.12. The summed E-state index contributed by atoms with van der Waals surface area (Å²) < 4.78 is 5.16. The highest BCUT2D eigenvalue weighted by atomic mass is 16.5. The second-order valence-corrected chi connectivity index (χ2v) is 4.03. The summed E-state index contributed by atoms with van der Waals surface area (Å²) in [7, 11) is 0. The third-order valence-electron chi connectivity index (χ3n) is 2.68. The van der Waals surface area contributed by atoms with Crippen LogP contribution in [0.2, 0.25) is 0 Å². The van der Waals surface area contributed by atoms with Gasteiger partial charge in [-0.3, -0.25) is 0 Å². The summed E-state index contributed by atoms with van der Waals surface area (Å²) in [4.78, 5) is 4.23. The van der Waals surface area contributed by atoms with Gasteiger partial charge < -0.3 is 9.63 Å². The molecule has 1 N–H and O–H groups in total. The SMILES string of the molecule is Cc1ccc(-c2nc(-c3cccnn3)no2)cc1O. The van der Waals surface area contributed by atoms with Crippen LogP contribution in [0, 0.1) is 6.92 Å².